The largest absolute Gasteiger partial charge is 0.489 e. The number of pyridine rings is 1. The van der Waals surface area contributed by atoms with Crippen LogP contribution in [0.15, 0.2) is 71.8 Å². The molecule has 33 heavy (non-hydrogen) atoms. The van der Waals surface area contributed by atoms with Crippen molar-refractivity contribution in [1.82, 2.24) is 4.98 Å². The molecule has 1 aliphatic heterocycles. The monoisotopic (exact) mass is 442 g/mol. The molecule has 0 bridgehead atoms. The summed E-state index contributed by atoms with van der Waals surface area (Å²) < 4.78 is 12.7. The van der Waals surface area contributed by atoms with Crippen molar-refractivity contribution in [2.75, 3.05) is 13.7 Å². The van der Waals surface area contributed by atoms with E-state index in [-0.39, 0.29) is 41.2 Å². The number of carbonyl (C=O) groups is 1. The first kappa shape index (κ1) is 20.8. The van der Waals surface area contributed by atoms with Gasteiger partial charge in [0.15, 0.2) is 5.78 Å². The van der Waals surface area contributed by atoms with Crippen LogP contribution in [0.3, 0.4) is 0 Å². The molecule has 5 nitrogen and oxygen atoms in total. The van der Waals surface area contributed by atoms with Gasteiger partial charge in [0.1, 0.15) is 11.9 Å². The van der Waals surface area contributed by atoms with Gasteiger partial charge in [-0.05, 0) is 53.6 Å². The molecule has 170 valence electrons. The maximum Gasteiger partial charge on any atom is 0.166 e. The summed E-state index contributed by atoms with van der Waals surface area (Å²) in [7, 11) is 1.81. The topological polar surface area (TPSA) is 74.4 Å². The van der Waals surface area contributed by atoms with Crippen molar-refractivity contribution in [3.8, 4) is 0 Å². The third-order valence-corrected chi connectivity index (χ3v) is 8.44. The highest BCUT2D eigenvalue weighted by Crippen LogP contribution is 2.60. The van der Waals surface area contributed by atoms with Crippen molar-refractivity contribution in [3.63, 3.8) is 0 Å². The van der Waals surface area contributed by atoms with Crippen LogP contribution in [0.1, 0.15) is 37.7 Å². The minimum atomic E-state index is -0.122. The third kappa shape index (κ3) is 3.13. The predicted molar refractivity (Wildman–Crippen MR) is 127 cm³/mol. The fraction of sp³-hybridized carbons (Fsp3) is 0.429. The molecule has 0 saturated heterocycles. The first-order valence-corrected chi connectivity index (χ1v) is 11.9. The van der Waals surface area contributed by atoms with Gasteiger partial charge in [-0.25, -0.2) is 0 Å². The van der Waals surface area contributed by atoms with Crippen LogP contribution in [0.25, 0.3) is 10.8 Å². The average molecular weight is 443 g/mol. The van der Waals surface area contributed by atoms with E-state index in [0.29, 0.717) is 13.0 Å². The van der Waals surface area contributed by atoms with Crippen molar-refractivity contribution in [2.24, 2.45) is 23.0 Å². The molecule has 2 heterocycles. The van der Waals surface area contributed by atoms with Crippen molar-refractivity contribution >= 4 is 16.6 Å². The molecule has 3 aliphatic carbocycles. The Morgan fingerprint density at radius 1 is 1.24 bits per heavy atom. The molecule has 1 saturated carbocycles. The molecule has 1 fully saturated rings. The van der Waals surface area contributed by atoms with Gasteiger partial charge in [-0.2, -0.15) is 0 Å². The molecule has 0 spiro atoms. The number of allylic oxidation sites excluding steroid dienone is 4. The maximum atomic E-state index is 12.7. The highest BCUT2D eigenvalue weighted by atomic mass is 16.5. The van der Waals surface area contributed by atoms with Crippen molar-refractivity contribution in [1.29, 1.82) is 0 Å². The van der Waals surface area contributed by atoms with Gasteiger partial charge >= 0.3 is 0 Å². The third-order valence-electron chi connectivity index (χ3n) is 8.44. The van der Waals surface area contributed by atoms with Crippen LogP contribution in [0, 0.1) is 17.3 Å². The lowest BCUT2D eigenvalue weighted by Gasteiger charge is -2.44. The SMILES string of the molecule is CO[C@@H]1C[C@H]2[C@@H]3OC4=C(C=C3C=C[C@]2(C)[C@H]1c1ccc2ccncc2c1)C(=O)CC(CN)C4. The number of hydrogen-bond acceptors (Lipinski definition) is 5. The number of nitrogens with two attached hydrogens (primary N) is 1. The number of Topliss-reactive ketones (excluding diaryl/α,β-unsaturated/α-hetero) is 1. The summed E-state index contributed by atoms with van der Waals surface area (Å²) in [5.41, 5.74) is 8.91. The van der Waals surface area contributed by atoms with Crippen molar-refractivity contribution in [2.45, 2.75) is 44.3 Å². The van der Waals surface area contributed by atoms with Gasteiger partial charge in [0.2, 0.25) is 0 Å². The molecule has 6 atom stereocenters. The normalized spacial score (nSPS) is 35.1. The summed E-state index contributed by atoms with van der Waals surface area (Å²) in [4.78, 5) is 17.0. The molecular weight excluding hydrogens is 412 g/mol. The molecule has 6 rings (SSSR count). The Morgan fingerprint density at radius 3 is 2.94 bits per heavy atom. The second kappa shape index (κ2) is 7.64. The van der Waals surface area contributed by atoms with E-state index in [9.17, 15) is 4.79 Å². The zero-order valence-corrected chi connectivity index (χ0v) is 19.2. The van der Waals surface area contributed by atoms with E-state index >= 15 is 0 Å². The molecule has 2 N–H and O–H groups in total. The van der Waals surface area contributed by atoms with Crippen LogP contribution in [0.5, 0.6) is 0 Å². The minimum absolute atomic E-state index is 0.0622. The van der Waals surface area contributed by atoms with Crippen LogP contribution < -0.4 is 5.73 Å². The number of nitrogens with zero attached hydrogens (tertiary/aromatic N) is 1. The number of fused-ring (bicyclic) bond motifs is 4. The number of benzene rings is 1. The van der Waals surface area contributed by atoms with Gasteiger partial charge in [0, 0.05) is 55.0 Å². The number of hydrogen-bond donors (Lipinski definition) is 1. The van der Waals surface area contributed by atoms with Crippen LogP contribution >= 0.6 is 0 Å². The highest BCUT2D eigenvalue weighted by molar-refractivity contribution is 6.00. The zero-order valence-electron chi connectivity index (χ0n) is 19.2. The van der Waals surface area contributed by atoms with Gasteiger partial charge in [0.05, 0.1) is 11.7 Å². The molecule has 1 aromatic carbocycles. The maximum absolute atomic E-state index is 12.7. The van der Waals surface area contributed by atoms with E-state index in [0.717, 1.165) is 35.1 Å². The van der Waals surface area contributed by atoms with E-state index in [2.05, 4.69) is 48.3 Å². The summed E-state index contributed by atoms with van der Waals surface area (Å²) in [6.45, 7) is 2.85. The van der Waals surface area contributed by atoms with E-state index in [1.807, 2.05) is 25.6 Å². The van der Waals surface area contributed by atoms with Gasteiger partial charge in [-0.3, -0.25) is 9.78 Å². The first-order chi connectivity index (χ1) is 16.0. The number of aromatic nitrogens is 1. The fourth-order valence-corrected chi connectivity index (χ4v) is 6.67. The quantitative estimate of drug-likeness (QED) is 0.760. The Kier molecular flexibility index (Phi) is 4.82. The minimum Gasteiger partial charge on any atom is -0.489 e. The van der Waals surface area contributed by atoms with Crippen LogP contribution in [0.2, 0.25) is 0 Å². The predicted octanol–water partition coefficient (Wildman–Crippen LogP) is 4.45. The number of ether oxygens (including phenoxy) is 2. The summed E-state index contributed by atoms with van der Waals surface area (Å²) in [5, 5.41) is 2.34. The van der Waals surface area contributed by atoms with Crippen LogP contribution in [-0.4, -0.2) is 36.6 Å². The van der Waals surface area contributed by atoms with Gasteiger partial charge in [0.25, 0.3) is 0 Å². The Hall–Kier alpha value is -2.76. The first-order valence-electron chi connectivity index (χ1n) is 11.9. The van der Waals surface area contributed by atoms with Crippen LogP contribution in [-0.2, 0) is 14.3 Å². The van der Waals surface area contributed by atoms with Gasteiger partial charge in [-0.1, -0.05) is 31.2 Å². The Balaban J connectivity index is 1.40. The summed E-state index contributed by atoms with van der Waals surface area (Å²) >= 11 is 0. The number of ketones is 1. The molecule has 5 heteroatoms. The summed E-state index contributed by atoms with van der Waals surface area (Å²) in [6.07, 6.45) is 12.6. The summed E-state index contributed by atoms with van der Waals surface area (Å²) in [6, 6.07) is 8.73. The molecule has 1 unspecified atom stereocenters. The second-order valence-corrected chi connectivity index (χ2v) is 10.2. The molecule has 1 aromatic heterocycles. The number of methoxy groups -OCH3 is 1. The highest BCUT2D eigenvalue weighted by Gasteiger charge is 2.57. The average Bonchev–Trinajstić information content (AvgIpc) is 3.15. The lowest BCUT2D eigenvalue weighted by Crippen LogP contribution is -2.41. The van der Waals surface area contributed by atoms with E-state index in [4.69, 9.17) is 15.2 Å². The smallest absolute Gasteiger partial charge is 0.166 e. The van der Waals surface area contributed by atoms with Crippen LogP contribution in [0.4, 0.5) is 0 Å². The Bertz CT molecular complexity index is 1230. The lowest BCUT2D eigenvalue weighted by atomic mass is 9.64. The van der Waals surface area contributed by atoms with Crippen molar-refractivity contribution < 1.29 is 14.3 Å². The molecule has 2 aromatic rings. The molecule has 0 radical (unpaired) electrons. The van der Waals surface area contributed by atoms with E-state index < -0.39 is 0 Å². The second-order valence-electron chi connectivity index (χ2n) is 10.2. The van der Waals surface area contributed by atoms with E-state index in [1.165, 1.54) is 10.9 Å². The van der Waals surface area contributed by atoms with Gasteiger partial charge < -0.3 is 15.2 Å². The lowest BCUT2D eigenvalue weighted by molar-refractivity contribution is -0.117. The number of carbonyl (C=O) groups excluding carboxylic acids is 1. The Labute approximate surface area is 194 Å². The summed E-state index contributed by atoms with van der Waals surface area (Å²) in [5.74, 6) is 1.63. The van der Waals surface area contributed by atoms with Gasteiger partial charge in [-0.15, -0.1) is 0 Å². The number of rotatable bonds is 3. The Morgan fingerprint density at radius 2 is 2.12 bits per heavy atom. The molecule has 4 aliphatic rings. The fourth-order valence-electron chi connectivity index (χ4n) is 6.67. The van der Waals surface area contributed by atoms with Crippen molar-refractivity contribution in [3.05, 3.63) is 77.4 Å². The zero-order chi connectivity index (χ0) is 22.7. The molecular formula is C28H30N2O3. The standard InChI is InChI=1S/C28H30N2O3/c1-28-7-5-19-12-21-23(31)9-16(14-29)10-24(21)33-27(19)22(28)13-25(32-2)26(28)18-4-3-17-6-8-30-15-20(17)11-18/h3-8,11-12,15-16,22,25-27H,9-10,13-14,29H2,1-2H3/t16?,22-,25+,26-,27+,28-/m0/s1. The van der Waals surface area contributed by atoms with E-state index in [1.54, 1.807) is 0 Å². The molecule has 0 amide bonds.